The summed E-state index contributed by atoms with van der Waals surface area (Å²) in [7, 11) is 0. The van der Waals surface area contributed by atoms with Crippen molar-refractivity contribution in [3.63, 3.8) is 0 Å². The highest BCUT2D eigenvalue weighted by atomic mass is 19.1. The van der Waals surface area contributed by atoms with Gasteiger partial charge < -0.3 is 31.3 Å². The van der Waals surface area contributed by atoms with Crippen molar-refractivity contribution in [1.82, 2.24) is 25.6 Å². The van der Waals surface area contributed by atoms with Gasteiger partial charge in [-0.3, -0.25) is 14.0 Å². The van der Waals surface area contributed by atoms with Gasteiger partial charge >= 0.3 is 23.9 Å². The van der Waals surface area contributed by atoms with Crippen LogP contribution < -0.4 is 16.0 Å². The highest BCUT2D eigenvalue weighted by Crippen LogP contribution is 2.15. The van der Waals surface area contributed by atoms with Crippen LogP contribution in [-0.2, 0) is 27.2 Å². The number of rotatable bonds is 15. The van der Waals surface area contributed by atoms with Crippen LogP contribution in [0.3, 0.4) is 0 Å². The number of carbonyl (C=O) groups is 5. The number of nitrogens with one attached hydrogen (secondary N) is 3. The van der Waals surface area contributed by atoms with E-state index in [1.54, 1.807) is 54.7 Å². The average molecular weight is 585 g/mol. The second-order valence-corrected chi connectivity index (χ2v) is 9.18. The number of urea groups is 1. The number of benzene rings is 2. The van der Waals surface area contributed by atoms with E-state index in [0.29, 0.717) is 41.0 Å². The molecule has 15 heteroatoms. The van der Waals surface area contributed by atoms with Gasteiger partial charge in [0.15, 0.2) is 0 Å². The molecule has 42 heavy (non-hydrogen) atoms. The number of alkyl halides is 1. The third kappa shape index (κ3) is 9.39. The first-order valence-corrected chi connectivity index (χ1v) is 12.8. The van der Waals surface area contributed by atoms with Crippen LogP contribution in [0.15, 0.2) is 54.7 Å². The first-order chi connectivity index (χ1) is 20.0. The molecule has 3 amide bonds. The molecule has 0 bridgehead atoms. The van der Waals surface area contributed by atoms with Gasteiger partial charge in [-0.15, -0.1) is 5.10 Å². The van der Waals surface area contributed by atoms with Gasteiger partial charge in [-0.05, 0) is 61.2 Å². The van der Waals surface area contributed by atoms with Crippen molar-refractivity contribution in [2.45, 2.75) is 44.2 Å². The van der Waals surface area contributed by atoms with Gasteiger partial charge in [-0.2, -0.15) is 0 Å². The van der Waals surface area contributed by atoms with Crippen molar-refractivity contribution in [1.29, 1.82) is 0 Å². The first kappa shape index (κ1) is 31.2. The molecule has 222 valence electrons. The molecule has 0 aliphatic heterocycles. The van der Waals surface area contributed by atoms with E-state index in [1.807, 2.05) is 0 Å². The van der Waals surface area contributed by atoms with E-state index < -0.39 is 55.0 Å². The van der Waals surface area contributed by atoms with Gasteiger partial charge in [0.05, 0.1) is 24.3 Å². The Morgan fingerprint density at radius 2 is 1.52 bits per heavy atom. The Kier molecular flexibility index (Phi) is 11.0. The molecule has 6 N–H and O–H groups in total. The van der Waals surface area contributed by atoms with Gasteiger partial charge in [-0.1, -0.05) is 17.3 Å². The van der Waals surface area contributed by atoms with Crippen LogP contribution in [-0.4, -0.2) is 78.9 Å². The Morgan fingerprint density at radius 1 is 0.881 bits per heavy atom. The molecule has 2 atom stereocenters. The molecule has 0 fully saturated rings. The molecule has 2 aromatic carbocycles. The first-order valence-electron chi connectivity index (χ1n) is 12.8. The molecular weight excluding hydrogens is 555 g/mol. The topological polar surface area (TPSA) is 213 Å². The van der Waals surface area contributed by atoms with E-state index in [4.69, 9.17) is 10.2 Å². The Labute approximate surface area is 238 Å². The summed E-state index contributed by atoms with van der Waals surface area (Å²) in [5.74, 6) is -4.46. The van der Waals surface area contributed by atoms with Crippen molar-refractivity contribution in [2.75, 3.05) is 12.0 Å². The summed E-state index contributed by atoms with van der Waals surface area (Å²) < 4.78 is 13.9. The molecule has 14 nitrogen and oxygen atoms in total. The Balaban J connectivity index is 1.55. The number of carboxylic acids is 3. The maximum Gasteiger partial charge on any atom is 0.326 e. The van der Waals surface area contributed by atoms with E-state index in [2.05, 4.69) is 26.3 Å². The Bertz CT molecular complexity index is 1410. The number of carbonyl (C=O) groups excluding carboxylic acids is 2. The highest BCUT2D eigenvalue weighted by Gasteiger charge is 2.25. The molecule has 0 saturated heterocycles. The van der Waals surface area contributed by atoms with Gasteiger partial charge in [0.25, 0.3) is 5.91 Å². The van der Waals surface area contributed by atoms with Crippen molar-refractivity contribution >= 4 is 35.5 Å². The third-order valence-corrected chi connectivity index (χ3v) is 6.01. The van der Waals surface area contributed by atoms with Crippen molar-refractivity contribution in [2.24, 2.45) is 0 Å². The number of nitrogens with zero attached hydrogens (tertiary/aromatic N) is 3. The van der Waals surface area contributed by atoms with Gasteiger partial charge in [0.2, 0.25) is 0 Å². The van der Waals surface area contributed by atoms with Crippen molar-refractivity contribution in [3.05, 3.63) is 71.5 Å². The maximum absolute atomic E-state index is 12.7. The highest BCUT2D eigenvalue weighted by molar-refractivity contribution is 6.04. The number of anilines is 1. The fourth-order valence-electron chi connectivity index (χ4n) is 3.80. The molecule has 1 aromatic heterocycles. The van der Waals surface area contributed by atoms with Crippen LogP contribution in [0, 0.1) is 0 Å². The lowest BCUT2D eigenvalue weighted by Crippen LogP contribution is -2.51. The van der Waals surface area contributed by atoms with Crippen LogP contribution in [0.1, 0.15) is 40.9 Å². The fourth-order valence-corrected chi connectivity index (χ4v) is 3.80. The number of aliphatic carboxylic acids is 3. The number of aromatic nitrogens is 3. The molecule has 3 aromatic rings. The predicted molar refractivity (Wildman–Crippen MR) is 145 cm³/mol. The van der Waals surface area contributed by atoms with E-state index in [-0.39, 0.29) is 12.8 Å². The second-order valence-electron chi connectivity index (χ2n) is 9.18. The molecule has 1 heterocycles. The van der Waals surface area contributed by atoms with E-state index in [1.165, 1.54) is 4.68 Å². The second kappa shape index (κ2) is 14.9. The zero-order valence-electron chi connectivity index (χ0n) is 22.2. The lowest BCUT2D eigenvalue weighted by Gasteiger charge is -2.18. The minimum Gasteiger partial charge on any atom is -0.481 e. The van der Waals surface area contributed by atoms with Gasteiger partial charge in [0, 0.05) is 24.1 Å². The average Bonchev–Trinajstić information content (AvgIpc) is 3.43. The fraction of sp³-hybridized carbons (Fsp3) is 0.296. The predicted octanol–water partition coefficient (Wildman–Crippen LogP) is 2.03. The third-order valence-electron chi connectivity index (χ3n) is 6.01. The van der Waals surface area contributed by atoms with E-state index in [9.17, 15) is 33.5 Å². The molecule has 3 rings (SSSR count). The molecule has 0 saturated carbocycles. The standard InChI is InChI=1S/C27H29FN6O8/c28-13-1-2-19-15-34(33-32-19)20-9-5-17(6-10-20)24(37)29-18-7-3-16(4-8-18)14-22(26(40)41)31-27(42)30-21(25(38)39)11-12-23(35)36/h3-10,15,21-22H,1-2,11-14H2,(H,29,37)(H,35,36)(H,38,39)(H,40,41)(H2,30,31,42)/t21-,22-/m0/s1. The van der Waals surface area contributed by atoms with Crippen molar-refractivity contribution < 1.29 is 43.7 Å². The normalized spacial score (nSPS) is 12.1. The number of amides is 3. The largest absolute Gasteiger partial charge is 0.481 e. The Hall–Kier alpha value is -5.34. The molecule has 0 aliphatic rings. The smallest absolute Gasteiger partial charge is 0.326 e. The Morgan fingerprint density at radius 3 is 2.12 bits per heavy atom. The quantitative estimate of drug-likeness (QED) is 0.153. The summed E-state index contributed by atoms with van der Waals surface area (Å²) in [4.78, 5) is 58.5. The lowest BCUT2D eigenvalue weighted by molar-refractivity contribution is -0.140. The summed E-state index contributed by atoms with van der Waals surface area (Å²) >= 11 is 0. The minimum atomic E-state index is -1.51. The molecule has 0 unspecified atom stereocenters. The summed E-state index contributed by atoms with van der Waals surface area (Å²) in [6.45, 7) is -0.437. The van der Waals surface area contributed by atoms with E-state index >= 15 is 0 Å². The zero-order valence-corrected chi connectivity index (χ0v) is 22.2. The van der Waals surface area contributed by atoms with Crippen LogP contribution >= 0.6 is 0 Å². The number of hydrogen-bond donors (Lipinski definition) is 6. The molecule has 0 radical (unpaired) electrons. The van der Waals surface area contributed by atoms with Crippen LogP contribution in [0.5, 0.6) is 0 Å². The number of hydrogen-bond acceptors (Lipinski definition) is 7. The van der Waals surface area contributed by atoms with Gasteiger partial charge in [-0.25, -0.2) is 19.1 Å². The van der Waals surface area contributed by atoms with Gasteiger partial charge in [0.1, 0.15) is 12.1 Å². The monoisotopic (exact) mass is 584 g/mol. The van der Waals surface area contributed by atoms with Crippen LogP contribution in [0.4, 0.5) is 14.9 Å². The summed E-state index contributed by atoms with van der Waals surface area (Å²) in [6.07, 6.45) is 1.50. The SMILES string of the molecule is O=C(O)CC[C@H](NC(=O)N[C@@H](Cc1ccc(NC(=O)c2ccc(-n3cc(CCCF)nn3)cc2)cc1)C(=O)O)C(=O)O. The van der Waals surface area contributed by atoms with Crippen LogP contribution in [0.25, 0.3) is 5.69 Å². The molecule has 0 spiro atoms. The maximum atomic E-state index is 12.7. The van der Waals surface area contributed by atoms with Crippen molar-refractivity contribution in [3.8, 4) is 5.69 Å². The minimum absolute atomic E-state index is 0.150. The summed E-state index contributed by atoms with van der Waals surface area (Å²) in [5, 5.41) is 42.4. The lowest BCUT2D eigenvalue weighted by atomic mass is 10.1. The summed E-state index contributed by atoms with van der Waals surface area (Å²) in [6, 6.07) is 8.82. The molecular formula is C27H29FN6O8. The van der Waals surface area contributed by atoms with E-state index in [0.717, 1.165) is 0 Å². The number of halogens is 1. The molecule has 0 aliphatic carbocycles. The number of carboxylic acid groups (broad SMARTS) is 3. The number of aryl methyl sites for hydroxylation is 1. The zero-order chi connectivity index (χ0) is 30.6. The van der Waals surface area contributed by atoms with Crippen LogP contribution in [0.2, 0.25) is 0 Å². The summed E-state index contributed by atoms with van der Waals surface area (Å²) in [5.41, 5.74) is 2.63.